The summed E-state index contributed by atoms with van der Waals surface area (Å²) in [4.78, 5) is 29.3. The van der Waals surface area contributed by atoms with Gasteiger partial charge in [0, 0.05) is 26.1 Å². The molecule has 36 heavy (non-hydrogen) atoms. The maximum atomic E-state index is 13.6. The first-order valence-corrected chi connectivity index (χ1v) is 11.8. The highest BCUT2D eigenvalue weighted by Gasteiger charge is 2.27. The molecule has 0 spiro atoms. The van der Waals surface area contributed by atoms with Crippen LogP contribution < -0.4 is 15.0 Å². The number of anilines is 1. The second-order valence-electron chi connectivity index (χ2n) is 8.68. The molecular formula is C25H26FN7O3. The Morgan fingerprint density at radius 3 is 2.75 bits per heavy atom. The fourth-order valence-corrected chi connectivity index (χ4v) is 4.23. The number of amides is 1. The SMILES string of the molecule is COc1cc(CNC(=O)c2cc(C3=NOC(c4ccc(N5CCCC5)nn4)C3)nc(C)n2)ccc1F. The summed E-state index contributed by atoms with van der Waals surface area (Å²) in [5, 5.41) is 15.7. The molecule has 10 nitrogen and oxygen atoms in total. The molecule has 11 heteroatoms. The van der Waals surface area contributed by atoms with Crippen LogP contribution in [0, 0.1) is 12.7 Å². The van der Waals surface area contributed by atoms with E-state index in [4.69, 9.17) is 9.57 Å². The minimum Gasteiger partial charge on any atom is -0.494 e. The van der Waals surface area contributed by atoms with E-state index in [1.165, 1.54) is 32.1 Å². The molecule has 1 atom stereocenters. The van der Waals surface area contributed by atoms with Crippen molar-refractivity contribution in [1.82, 2.24) is 25.5 Å². The van der Waals surface area contributed by atoms with Gasteiger partial charge in [0.25, 0.3) is 5.91 Å². The van der Waals surface area contributed by atoms with E-state index in [-0.39, 0.29) is 30.0 Å². The van der Waals surface area contributed by atoms with Crippen molar-refractivity contribution in [3.8, 4) is 5.75 Å². The van der Waals surface area contributed by atoms with E-state index in [2.05, 4.69) is 35.5 Å². The van der Waals surface area contributed by atoms with Gasteiger partial charge < -0.3 is 19.8 Å². The molecule has 0 bridgehead atoms. The first kappa shape index (κ1) is 23.6. The number of benzene rings is 1. The zero-order valence-corrected chi connectivity index (χ0v) is 20.1. The third-order valence-corrected chi connectivity index (χ3v) is 6.13. The number of methoxy groups -OCH3 is 1. The number of ether oxygens (including phenoxy) is 1. The third-order valence-electron chi connectivity index (χ3n) is 6.13. The second-order valence-corrected chi connectivity index (χ2v) is 8.68. The molecule has 2 aliphatic heterocycles. The average molecular weight is 492 g/mol. The monoisotopic (exact) mass is 491 g/mol. The zero-order chi connectivity index (χ0) is 25.1. The summed E-state index contributed by atoms with van der Waals surface area (Å²) in [5.41, 5.74) is 2.71. The van der Waals surface area contributed by atoms with Crippen molar-refractivity contribution in [3.05, 3.63) is 70.7 Å². The maximum Gasteiger partial charge on any atom is 0.270 e. The van der Waals surface area contributed by atoms with Crippen LogP contribution in [0.3, 0.4) is 0 Å². The van der Waals surface area contributed by atoms with E-state index in [9.17, 15) is 9.18 Å². The Morgan fingerprint density at radius 1 is 1.17 bits per heavy atom. The van der Waals surface area contributed by atoms with Crippen LogP contribution >= 0.6 is 0 Å². The lowest BCUT2D eigenvalue weighted by Crippen LogP contribution is -2.25. The minimum atomic E-state index is -0.463. The fraction of sp³-hybridized carbons (Fsp3) is 0.360. The van der Waals surface area contributed by atoms with Gasteiger partial charge in [-0.25, -0.2) is 14.4 Å². The van der Waals surface area contributed by atoms with Crippen LogP contribution in [0.1, 0.15) is 58.6 Å². The van der Waals surface area contributed by atoms with Crippen molar-refractivity contribution in [2.45, 2.75) is 38.8 Å². The molecule has 4 heterocycles. The topological polar surface area (TPSA) is 115 Å². The van der Waals surface area contributed by atoms with E-state index in [1.54, 1.807) is 19.1 Å². The lowest BCUT2D eigenvalue weighted by atomic mass is 10.1. The van der Waals surface area contributed by atoms with Crippen LogP contribution in [0.2, 0.25) is 0 Å². The number of carbonyl (C=O) groups is 1. The van der Waals surface area contributed by atoms with Crippen LogP contribution in [0.15, 0.2) is 41.6 Å². The van der Waals surface area contributed by atoms with Gasteiger partial charge in [0.2, 0.25) is 0 Å². The number of aryl methyl sites for hydroxylation is 1. The summed E-state index contributed by atoms with van der Waals surface area (Å²) >= 11 is 0. The molecule has 1 unspecified atom stereocenters. The fourth-order valence-electron chi connectivity index (χ4n) is 4.23. The average Bonchev–Trinajstić information content (AvgIpc) is 3.61. The molecule has 1 amide bonds. The molecular weight excluding hydrogens is 465 g/mol. The quantitative estimate of drug-likeness (QED) is 0.536. The largest absolute Gasteiger partial charge is 0.494 e. The first-order valence-electron chi connectivity index (χ1n) is 11.8. The van der Waals surface area contributed by atoms with Gasteiger partial charge in [0.1, 0.15) is 22.9 Å². The van der Waals surface area contributed by atoms with Gasteiger partial charge in [-0.05, 0) is 55.7 Å². The van der Waals surface area contributed by atoms with Crippen molar-refractivity contribution >= 4 is 17.4 Å². The molecule has 1 N–H and O–H groups in total. The molecule has 1 fully saturated rings. The van der Waals surface area contributed by atoms with Gasteiger partial charge in [-0.1, -0.05) is 11.2 Å². The maximum absolute atomic E-state index is 13.6. The van der Waals surface area contributed by atoms with Gasteiger partial charge >= 0.3 is 0 Å². The predicted molar refractivity (Wildman–Crippen MR) is 129 cm³/mol. The molecule has 2 aliphatic rings. The molecule has 1 aromatic carbocycles. The Morgan fingerprint density at radius 2 is 2.00 bits per heavy atom. The summed E-state index contributed by atoms with van der Waals surface area (Å²) in [7, 11) is 1.39. The van der Waals surface area contributed by atoms with E-state index in [1.807, 2.05) is 12.1 Å². The normalized spacial score (nSPS) is 17.0. The molecule has 2 aromatic heterocycles. The minimum absolute atomic E-state index is 0.117. The number of hydrogen-bond acceptors (Lipinski definition) is 9. The summed E-state index contributed by atoms with van der Waals surface area (Å²) in [6, 6.07) is 9.88. The van der Waals surface area contributed by atoms with Crippen LogP contribution in [-0.4, -0.2) is 52.0 Å². The number of nitrogens with zero attached hydrogens (tertiary/aromatic N) is 6. The third kappa shape index (κ3) is 5.09. The smallest absolute Gasteiger partial charge is 0.270 e. The van der Waals surface area contributed by atoms with E-state index in [0.717, 1.165) is 18.9 Å². The van der Waals surface area contributed by atoms with Crippen molar-refractivity contribution < 1.29 is 18.8 Å². The molecule has 1 saturated heterocycles. The van der Waals surface area contributed by atoms with Crippen molar-refractivity contribution in [2.24, 2.45) is 5.16 Å². The number of oxime groups is 1. The molecule has 0 saturated carbocycles. The van der Waals surface area contributed by atoms with E-state index < -0.39 is 5.82 Å². The molecule has 0 radical (unpaired) electrons. The number of rotatable bonds is 7. The first-order chi connectivity index (χ1) is 17.5. The Labute approximate surface area is 207 Å². The molecule has 5 rings (SSSR count). The van der Waals surface area contributed by atoms with E-state index >= 15 is 0 Å². The van der Waals surface area contributed by atoms with Crippen LogP contribution in [0.4, 0.5) is 10.2 Å². The molecule has 3 aromatic rings. The highest BCUT2D eigenvalue weighted by molar-refractivity contribution is 6.02. The van der Waals surface area contributed by atoms with Crippen LogP contribution in [-0.2, 0) is 11.4 Å². The van der Waals surface area contributed by atoms with Crippen molar-refractivity contribution in [1.29, 1.82) is 0 Å². The van der Waals surface area contributed by atoms with Crippen LogP contribution in [0.5, 0.6) is 5.75 Å². The summed E-state index contributed by atoms with van der Waals surface area (Å²) in [5.74, 6) is 0.573. The van der Waals surface area contributed by atoms with Crippen molar-refractivity contribution in [3.63, 3.8) is 0 Å². The van der Waals surface area contributed by atoms with Gasteiger partial charge in [0.05, 0.1) is 12.8 Å². The van der Waals surface area contributed by atoms with Crippen molar-refractivity contribution in [2.75, 3.05) is 25.1 Å². The van der Waals surface area contributed by atoms with E-state index in [0.29, 0.717) is 34.9 Å². The standard InChI is InChI=1S/C25H26FN7O3/c1-15-28-19(12-21(29-15)25(34)27-14-16-5-6-17(26)22(11-16)35-2)20-13-23(36-32-20)18-7-8-24(31-30-18)33-9-3-4-10-33/h5-8,11-12,23H,3-4,9-10,13-14H2,1-2H3,(H,27,34). The Balaban J connectivity index is 1.24. The van der Waals surface area contributed by atoms with Gasteiger partial charge in [0.15, 0.2) is 23.5 Å². The summed E-state index contributed by atoms with van der Waals surface area (Å²) in [6.07, 6.45) is 2.42. The highest BCUT2D eigenvalue weighted by Crippen LogP contribution is 2.29. The number of nitrogens with one attached hydrogen (secondary N) is 1. The number of aromatic nitrogens is 4. The van der Waals surface area contributed by atoms with Gasteiger partial charge in [-0.2, -0.15) is 0 Å². The lowest BCUT2D eigenvalue weighted by Gasteiger charge is -2.16. The van der Waals surface area contributed by atoms with Gasteiger partial charge in [-0.3, -0.25) is 4.79 Å². The summed E-state index contributed by atoms with van der Waals surface area (Å²) in [6.45, 7) is 3.90. The zero-order valence-electron chi connectivity index (χ0n) is 20.1. The predicted octanol–water partition coefficient (Wildman–Crippen LogP) is 3.12. The molecule has 0 aliphatic carbocycles. The molecule has 186 valence electrons. The van der Waals surface area contributed by atoms with Gasteiger partial charge in [-0.15, -0.1) is 10.2 Å². The lowest BCUT2D eigenvalue weighted by molar-refractivity contribution is 0.0819. The highest BCUT2D eigenvalue weighted by atomic mass is 19.1. The summed E-state index contributed by atoms with van der Waals surface area (Å²) < 4.78 is 18.6. The van der Waals surface area contributed by atoms with Crippen LogP contribution in [0.25, 0.3) is 0 Å². The number of halogens is 1. The Hall–Kier alpha value is -4.15. The Kier molecular flexibility index (Phi) is 6.70. The number of carbonyl (C=O) groups excluding carboxylic acids is 1. The second kappa shape index (κ2) is 10.2. The Bertz CT molecular complexity index is 1290. The number of hydrogen-bond donors (Lipinski definition) is 1.